The molecular weight excluding hydrogens is 507 g/mol. The van der Waals surface area contributed by atoms with Gasteiger partial charge >= 0.3 is 6.36 Å². The Morgan fingerprint density at radius 2 is 1.68 bits per heavy atom. The van der Waals surface area contributed by atoms with Gasteiger partial charge in [0.25, 0.3) is 5.69 Å². The molecule has 9 nitrogen and oxygen atoms in total. The fourth-order valence-electron chi connectivity index (χ4n) is 4.64. The number of benzene rings is 2. The number of hydrogen-bond donors (Lipinski definition) is 0. The number of nitro groups is 1. The van der Waals surface area contributed by atoms with Gasteiger partial charge in [0.1, 0.15) is 30.0 Å². The topological polar surface area (TPSA) is 88.2 Å². The summed E-state index contributed by atoms with van der Waals surface area (Å²) in [5, 5.41) is 10.9. The highest BCUT2D eigenvalue weighted by molar-refractivity contribution is 5.49. The van der Waals surface area contributed by atoms with Gasteiger partial charge in [-0.2, -0.15) is 0 Å². The second kappa shape index (κ2) is 9.99. The van der Waals surface area contributed by atoms with Gasteiger partial charge in [0.15, 0.2) is 5.60 Å². The maximum absolute atomic E-state index is 12.3. The van der Waals surface area contributed by atoms with Crippen molar-refractivity contribution in [2.24, 2.45) is 0 Å². The minimum Gasteiger partial charge on any atom is -0.490 e. The summed E-state index contributed by atoms with van der Waals surface area (Å²) in [4.78, 5) is 12.7. The molecule has 0 radical (unpaired) electrons. The minimum absolute atomic E-state index is 0.00256. The average molecular weight is 534 g/mol. The van der Waals surface area contributed by atoms with E-state index in [4.69, 9.17) is 14.2 Å². The lowest BCUT2D eigenvalue weighted by Crippen LogP contribution is -2.38. The Labute approximate surface area is 216 Å². The minimum atomic E-state index is -4.72. The zero-order valence-corrected chi connectivity index (χ0v) is 20.5. The Hall–Kier alpha value is -4.09. The number of alkyl halides is 3. The maximum atomic E-state index is 12.3. The monoisotopic (exact) mass is 533 g/mol. The predicted octanol–water partition coefficient (Wildman–Crippen LogP) is 5.57. The highest BCUT2D eigenvalue weighted by Crippen LogP contribution is 2.35. The third kappa shape index (κ3) is 6.06. The smallest absolute Gasteiger partial charge is 0.490 e. The van der Waals surface area contributed by atoms with Gasteiger partial charge in [-0.15, -0.1) is 13.2 Å². The Morgan fingerprint density at radius 3 is 2.29 bits per heavy atom. The number of hydrogen-bond acceptors (Lipinski definition) is 7. The van der Waals surface area contributed by atoms with Crippen LogP contribution in [0.3, 0.4) is 0 Å². The standard InChI is InChI=1S/C26H26F3N3O6/c1-25(16-31-15-19(32(33)34)14-24(31)38-25)17-35-20-4-2-18(3-5-20)30-12-10-22(11-13-30)36-21-6-8-23(9-7-21)37-26(27,28)29/h2-9,14-15,22H,10-13,16-17H2,1H3/t25-/m1/s1. The zero-order valence-electron chi connectivity index (χ0n) is 20.5. The van der Waals surface area contributed by atoms with Crippen LogP contribution in [0.4, 0.5) is 24.5 Å². The van der Waals surface area contributed by atoms with Crippen molar-refractivity contribution in [1.29, 1.82) is 0 Å². The number of piperidine rings is 1. The van der Waals surface area contributed by atoms with E-state index >= 15 is 0 Å². The molecule has 0 unspecified atom stereocenters. The van der Waals surface area contributed by atoms with Crippen molar-refractivity contribution in [3.8, 4) is 23.1 Å². The van der Waals surface area contributed by atoms with Crippen molar-refractivity contribution in [2.75, 3.05) is 24.6 Å². The molecule has 5 rings (SSSR count). The predicted molar refractivity (Wildman–Crippen MR) is 131 cm³/mol. The van der Waals surface area contributed by atoms with Crippen LogP contribution in [0.2, 0.25) is 0 Å². The van der Waals surface area contributed by atoms with Crippen LogP contribution < -0.4 is 23.8 Å². The van der Waals surface area contributed by atoms with E-state index < -0.39 is 16.9 Å². The first-order valence-electron chi connectivity index (χ1n) is 12.1. The van der Waals surface area contributed by atoms with E-state index in [1.165, 1.54) is 36.5 Å². The van der Waals surface area contributed by atoms with E-state index in [-0.39, 0.29) is 24.1 Å². The molecule has 202 valence electrons. The van der Waals surface area contributed by atoms with Crippen molar-refractivity contribution in [1.82, 2.24) is 4.57 Å². The number of ether oxygens (including phenoxy) is 4. The van der Waals surface area contributed by atoms with Crippen LogP contribution in [0, 0.1) is 10.1 Å². The summed E-state index contributed by atoms with van der Waals surface area (Å²) in [7, 11) is 0. The molecule has 1 fully saturated rings. The molecule has 1 aromatic heterocycles. The molecule has 0 bridgehead atoms. The Kier molecular flexibility index (Phi) is 6.72. The fourth-order valence-corrected chi connectivity index (χ4v) is 4.64. The Bertz CT molecular complexity index is 1250. The van der Waals surface area contributed by atoms with Gasteiger partial charge in [-0.25, -0.2) is 0 Å². The van der Waals surface area contributed by atoms with Gasteiger partial charge in [0.2, 0.25) is 5.88 Å². The molecule has 0 saturated carbocycles. The summed E-state index contributed by atoms with van der Waals surface area (Å²) in [6.07, 6.45) is -1.74. The van der Waals surface area contributed by atoms with Crippen molar-refractivity contribution in [2.45, 2.75) is 44.4 Å². The molecule has 0 amide bonds. The van der Waals surface area contributed by atoms with Crippen LogP contribution in [-0.2, 0) is 6.54 Å². The van der Waals surface area contributed by atoms with Crippen molar-refractivity contribution in [3.63, 3.8) is 0 Å². The van der Waals surface area contributed by atoms with Crippen molar-refractivity contribution < 1.29 is 37.0 Å². The van der Waals surface area contributed by atoms with E-state index in [9.17, 15) is 23.3 Å². The second-order valence-corrected chi connectivity index (χ2v) is 9.58. The fraction of sp³-hybridized carbons (Fsp3) is 0.385. The number of nitrogens with zero attached hydrogens (tertiary/aromatic N) is 3. The molecule has 1 saturated heterocycles. The van der Waals surface area contributed by atoms with Gasteiger partial charge in [-0.3, -0.25) is 10.1 Å². The van der Waals surface area contributed by atoms with E-state index in [1.807, 2.05) is 31.2 Å². The summed E-state index contributed by atoms with van der Waals surface area (Å²) in [5.74, 6) is 1.37. The largest absolute Gasteiger partial charge is 0.573 e. The molecule has 2 aromatic carbocycles. The Balaban J connectivity index is 1.07. The van der Waals surface area contributed by atoms with Crippen LogP contribution in [-0.4, -0.2) is 47.3 Å². The number of aromatic nitrogens is 1. The third-order valence-electron chi connectivity index (χ3n) is 6.46. The quantitative estimate of drug-likeness (QED) is 0.276. The molecular formula is C26H26F3N3O6. The summed E-state index contributed by atoms with van der Waals surface area (Å²) < 4.78 is 60.3. The van der Waals surface area contributed by atoms with E-state index in [2.05, 4.69) is 9.64 Å². The van der Waals surface area contributed by atoms with Gasteiger partial charge in [-0.1, -0.05) is 0 Å². The molecule has 3 heterocycles. The molecule has 38 heavy (non-hydrogen) atoms. The molecule has 0 aliphatic carbocycles. The van der Waals surface area contributed by atoms with Crippen molar-refractivity contribution >= 4 is 11.4 Å². The van der Waals surface area contributed by atoms with Crippen LogP contribution in [0.5, 0.6) is 23.1 Å². The molecule has 2 aliphatic heterocycles. The maximum Gasteiger partial charge on any atom is 0.573 e. The number of fused-ring (bicyclic) bond motifs is 1. The van der Waals surface area contributed by atoms with Crippen LogP contribution in [0.25, 0.3) is 0 Å². The summed E-state index contributed by atoms with van der Waals surface area (Å²) in [6.45, 7) is 4.19. The van der Waals surface area contributed by atoms with Crippen LogP contribution in [0.1, 0.15) is 19.8 Å². The van der Waals surface area contributed by atoms with Gasteiger partial charge < -0.3 is 28.4 Å². The second-order valence-electron chi connectivity index (χ2n) is 9.58. The third-order valence-corrected chi connectivity index (χ3v) is 6.46. The molecule has 12 heteroatoms. The highest BCUT2D eigenvalue weighted by atomic mass is 19.4. The molecule has 3 aromatic rings. The molecule has 1 atom stereocenters. The number of rotatable bonds is 8. The Morgan fingerprint density at radius 1 is 1.05 bits per heavy atom. The first kappa shape index (κ1) is 25.6. The lowest BCUT2D eigenvalue weighted by molar-refractivity contribution is -0.384. The van der Waals surface area contributed by atoms with E-state index in [0.29, 0.717) is 23.9 Å². The van der Waals surface area contributed by atoms with Crippen LogP contribution in [0.15, 0.2) is 60.8 Å². The zero-order chi connectivity index (χ0) is 26.9. The lowest BCUT2D eigenvalue weighted by Gasteiger charge is -2.33. The summed E-state index contributed by atoms with van der Waals surface area (Å²) >= 11 is 0. The molecule has 0 N–H and O–H groups in total. The van der Waals surface area contributed by atoms with Gasteiger partial charge in [0.05, 0.1) is 23.7 Å². The summed E-state index contributed by atoms with van der Waals surface area (Å²) in [5.41, 5.74) is 0.426. The van der Waals surface area contributed by atoms with Crippen LogP contribution >= 0.6 is 0 Å². The summed E-state index contributed by atoms with van der Waals surface area (Å²) in [6, 6.07) is 14.6. The first-order chi connectivity index (χ1) is 18.1. The number of anilines is 1. The highest BCUT2D eigenvalue weighted by Gasteiger charge is 2.37. The average Bonchev–Trinajstić information content (AvgIpc) is 3.40. The van der Waals surface area contributed by atoms with E-state index in [1.54, 1.807) is 4.57 Å². The number of halogens is 3. The molecule has 0 spiro atoms. The SMILES string of the molecule is C[C@]1(COc2ccc(N3CCC(Oc4ccc(OC(F)(F)F)cc4)CC3)cc2)Cn2cc([N+](=O)[O-])cc2O1. The molecule has 2 aliphatic rings. The van der Waals surface area contributed by atoms with Gasteiger partial charge in [0, 0.05) is 31.6 Å². The van der Waals surface area contributed by atoms with Crippen molar-refractivity contribution in [3.05, 3.63) is 70.9 Å². The normalized spacial score (nSPS) is 19.5. The lowest BCUT2D eigenvalue weighted by atomic mass is 10.1. The van der Waals surface area contributed by atoms with Gasteiger partial charge in [-0.05, 0) is 55.5 Å². The first-order valence-corrected chi connectivity index (χ1v) is 12.1. The van der Waals surface area contributed by atoms with E-state index in [0.717, 1.165) is 31.6 Å².